The Morgan fingerprint density at radius 3 is 2.68 bits per heavy atom. The first-order valence-electron chi connectivity index (χ1n) is 6.35. The summed E-state index contributed by atoms with van der Waals surface area (Å²) in [5.41, 5.74) is 3.25. The van der Waals surface area contributed by atoms with Crippen molar-refractivity contribution in [2.45, 2.75) is 6.42 Å². The molecule has 3 rings (SSSR count). The van der Waals surface area contributed by atoms with Gasteiger partial charge in [0.15, 0.2) is 5.76 Å². The van der Waals surface area contributed by atoms with Crippen molar-refractivity contribution in [1.29, 1.82) is 0 Å². The summed E-state index contributed by atoms with van der Waals surface area (Å²) in [6, 6.07) is 9.86. The van der Waals surface area contributed by atoms with Gasteiger partial charge in [0.1, 0.15) is 0 Å². The van der Waals surface area contributed by atoms with Crippen molar-refractivity contribution in [3.05, 3.63) is 53.7 Å². The molecule has 0 fully saturated rings. The van der Waals surface area contributed by atoms with Gasteiger partial charge in [-0.05, 0) is 30.7 Å². The number of benzene rings is 1. The minimum Gasteiger partial charge on any atom is -0.356 e. The van der Waals surface area contributed by atoms with E-state index in [4.69, 9.17) is 4.52 Å². The van der Waals surface area contributed by atoms with Crippen molar-refractivity contribution in [2.75, 3.05) is 13.1 Å². The monoisotopic (exact) mass is 250 g/mol. The van der Waals surface area contributed by atoms with E-state index in [1.54, 1.807) is 6.20 Å². The quantitative estimate of drug-likeness (QED) is 0.791. The molecule has 0 aliphatic carbocycles. The van der Waals surface area contributed by atoms with Crippen LogP contribution < -0.4 is 5.32 Å². The number of hydrogen-bond donors (Lipinski definition) is 1. The van der Waals surface area contributed by atoms with Crippen molar-refractivity contribution in [1.82, 2.24) is 10.5 Å². The van der Waals surface area contributed by atoms with Crippen LogP contribution in [0.5, 0.6) is 0 Å². The van der Waals surface area contributed by atoms with Gasteiger partial charge in [-0.1, -0.05) is 23.1 Å². The first-order chi connectivity index (χ1) is 9.42. The Bertz CT molecular complexity index is 628. The van der Waals surface area contributed by atoms with Crippen molar-refractivity contribution in [3.8, 4) is 23.2 Å². The largest absolute Gasteiger partial charge is 0.356 e. The predicted octanol–water partition coefficient (Wildman–Crippen LogP) is 2.61. The van der Waals surface area contributed by atoms with E-state index >= 15 is 0 Å². The average molecular weight is 250 g/mol. The van der Waals surface area contributed by atoms with Crippen molar-refractivity contribution < 1.29 is 4.52 Å². The summed E-state index contributed by atoms with van der Waals surface area (Å²) >= 11 is 0. The maximum atomic E-state index is 5.11. The van der Waals surface area contributed by atoms with Gasteiger partial charge in [-0.2, -0.15) is 0 Å². The first kappa shape index (κ1) is 11.8. The third-order valence-corrected chi connectivity index (χ3v) is 3.04. The summed E-state index contributed by atoms with van der Waals surface area (Å²) < 4.78 is 5.11. The normalized spacial score (nSPS) is 14.4. The molecule has 3 heteroatoms. The van der Waals surface area contributed by atoms with E-state index in [0.29, 0.717) is 0 Å². The molecule has 1 aliphatic heterocycles. The number of nitrogens with zero attached hydrogens (tertiary/aromatic N) is 1. The standard InChI is InChI=1S/C16H14N2O/c1(2-14-7-10-17-11-8-14)13-3-5-15(6-4-13)16-9-12-18-19-16/h3-7,9,12,17H,8,10-11H2. The molecule has 2 aromatic rings. The molecule has 0 atom stereocenters. The van der Waals surface area contributed by atoms with Gasteiger partial charge in [-0.15, -0.1) is 0 Å². The SMILES string of the molecule is C(#Cc1ccc(-c2ccno2)cc1)C1=CCNCC1. The van der Waals surface area contributed by atoms with Crippen LogP contribution in [0.3, 0.4) is 0 Å². The van der Waals surface area contributed by atoms with Crippen molar-refractivity contribution >= 4 is 0 Å². The lowest BCUT2D eigenvalue weighted by atomic mass is 10.1. The van der Waals surface area contributed by atoms with Crippen LogP contribution >= 0.6 is 0 Å². The second-order valence-corrected chi connectivity index (χ2v) is 4.39. The summed E-state index contributed by atoms with van der Waals surface area (Å²) in [5.74, 6) is 7.20. The third-order valence-electron chi connectivity index (χ3n) is 3.04. The van der Waals surface area contributed by atoms with Crippen molar-refractivity contribution in [2.24, 2.45) is 0 Å². The van der Waals surface area contributed by atoms with Crippen LogP contribution in [0.1, 0.15) is 12.0 Å². The molecular formula is C16H14N2O. The fraction of sp³-hybridized carbons (Fsp3) is 0.188. The summed E-state index contributed by atoms with van der Waals surface area (Å²) in [6.45, 7) is 1.94. The number of nitrogens with one attached hydrogen (secondary N) is 1. The second-order valence-electron chi connectivity index (χ2n) is 4.39. The Kier molecular flexibility index (Phi) is 3.44. The number of aromatic nitrogens is 1. The molecule has 2 heterocycles. The van der Waals surface area contributed by atoms with Crippen LogP contribution in [0.2, 0.25) is 0 Å². The van der Waals surface area contributed by atoms with Gasteiger partial charge in [0.05, 0.1) is 6.20 Å². The summed E-state index contributed by atoms with van der Waals surface area (Å²) in [7, 11) is 0. The summed E-state index contributed by atoms with van der Waals surface area (Å²) in [6.07, 6.45) is 4.81. The maximum absolute atomic E-state index is 5.11. The maximum Gasteiger partial charge on any atom is 0.166 e. The molecule has 1 aromatic carbocycles. The van der Waals surface area contributed by atoms with Crippen molar-refractivity contribution in [3.63, 3.8) is 0 Å². The smallest absolute Gasteiger partial charge is 0.166 e. The highest BCUT2D eigenvalue weighted by molar-refractivity contribution is 5.58. The molecule has 0 saturated carbocycles. The topological polar surface area (TPSA) is 38.1 Å². The number of hydrogen-bond acceptors (Lipinski definition) is 3. The fourth-order valence-electron chi connectivity index (χ4n) is 1.97. The molecule has 0 amide bonds. The molecule has 0 saturated heterocycles. The minimum atomic E-state index is 0.778. The summed E-state index contributed by atoms with van der Waals surface area (Å²) in [4.78, 5) is 0. The Balaban J connectivity index is 1.76. The van der Waals surface area contributed by atoms with E-state index < -0.39 is 0 Å². The highest BCUT2D eigenvalue weighted by atomic mass is 16.5. The minimum absolute atomic E-state index is 0.778. The molecule has 1 N–H and O–H groups in total. The van der Waals surface area contributed by atoms with E-state index in [-0.39, 0.29) is 0 Å². The molecule has 0 spiro atoms. The molecule has 19 heavy (non-hydrogen) atoms. The molecule has 94 valence electrons. The van der Waals surface area contributed by atoms with Gasteiger partial charge < -0.3 is 9.84 Å². The summed E-state index contributed by atoms with van der Waals surface area (Å²) in [5, 5.41) is 6.98. The second kappa shape index (κ2) is 5.55. The van der Waals surface area contributed by atoms with Gasteiger partial charge in [-0.25, -0.2) is 0 Å². The lowest BCUT2D eigenvalue weighted by molar-refractivity contribution is 0.432. The van der Waals surface area contributed by atoms with Gasteiger partial charge in [-0.3, -0.25) is 0 Å². The molecule has 1 aliphatic rings. The fourth-order valence-corrected chi connectivity index (χ4v) is 1.97. The lowest BCUT2D eigenvalue weighted by Crippen LogP contribution is -2.19. The molecule has 0 radical (unpaired) electrons. The average Bonchev–Trinajstić information content (AvgIpc) is 3.01. The predicted molar refractivity (Wildman–Crippen MR) is 74.4 cm³/mol. The first-order valence-corrected chi connectivity index (χ1v) is 6.35. The van der Waals surface area contributed by atoms with Crippen LogP contribution in [0.4, 0.5) is 0 Å². The Morgan fingerprint density at radius 2 is 2.00 bits per heavy atom. The Labute approximate surface area is 112 Å². The van der Waals surface area contributed by atoms with Gasteiger partial charge >= 0.3 is 0 Å². The Morgan fingerprint density at radius 1 is 1.11 bits per heavy atom. The molecule has 3 nitrogen and oxygen atoms in total. The van der Waals surface area contributed by atoms with E-state index in [0.717, 1.165) is 36.4 Å². The zero-order valence-electron chi connectivity index (χ0n) is 10.5. The molecule has 0 unspecified atom stereocenters. The van der Waals surface area contributed by atoms with Crippen LogP contribution in [0.25, 0.3) is 11.3 Å². The van der Waals surface area contributed by atoms with Gasteiger partial charge in [0.2, 0.25) is 0 Å². The highest BCUT2D eigenvalue weighted by Crippen LogP contribution is 2.18. The molecule has 1 aromatic heterocycles. The third kappa shape index (κ3) is 2.93. The van der Waals surface area contributed by atoms with E-state index in [2.05, 4.69) is 28.4 Å². The van der Waals surface area contributed by atoms with Crippen LogP contribution in [0, 0.1) is 11.8 Å². The van der Waals surface area contributed by atoms with E-state index in [9.17, 15) is 0 Å². The van der Waals surface area contributed by atoms with Gasteiger partial charge in [0.25, 0.3) is 0 Å². The highest BCUT2D eigenvalue weighted by Gasteiger charge is 2.01. The zero-order valence-corrected chi connectivity index (χ0v) is 10.5. The van der Waals surface area contributed by atoms with Crippen LogP contribution in [-0.4, -0.2) is 18.2 Å². The van der Waals surface area contributed by atoms with E-state index in [1.165, 1.54) is 5.57 Å². The zero-order chi connectivity index (χ0) is 12.9. The molecular weight excluding hydrogens is 236 g/mol. The van der Waals surface area contributed by atoms with Crippen LogP contribution in [0.15, 0.2) is 52.7 Å². The Hall–Kier alpha value is -2.31. The lowest BCUT2D eigenvalue weighted by Gasteiger charge is -2.07. The molecule has 0 bridgehead atoms. The van der Waals surface area contributed by atoms with E-state index in [1.807, 2.05) is 30.3 Å². The van der Waals surface area contributed by atoms with Crippen LogP contribution in [-0.2, 0) is 0 Å². The number of rotatable bonds is 1. The van der Waals surface area contributed by atoms with Gasteiger partial charge in [0, 0.05) is 35.9 Å².